The molecule has 108 valence electrons. The highest BCUT2D eigenvalue weighted by molar-refractivity contribution is 5.83. The summed E-state index contributed by atoms with van der Waals surface area (Å²) in [5.41, 5.74) is 5.13. The van der Waals surface area contributed by atoms with Crippen molar-refractivity contribution >= 4 is 11.8 Å². The first-order valence-corrected chi connectivity index (χ1v) is 7.41. The zero-order valence-electron chi connectivity index (χ0n) is 11.7. The van der Waals surface area contributed by atoms with Gasteiger partial charge in [-0.15, -0.1) is 0 Å². The highest BCUT2D eigenvalue weighted by Gasteiger charge is 2.34. The first-order chi connectivity index (χ1) is 9.06. The van der Waals surface area contributed by atoms with E-state index >= 15 is 0 Å². The molecule has 1 saturated heterocycles. The van der Waals surface area contributed by atoms with E-state index in [0.717, 1.165) is 18.8 Å². The van der Waals surface area contributed by atoms with Gasteiger partial charge in [-0.3, -0.25) is 9.59 Å². The molecule has 4 N–H and O–H groups in total. The predicted octanol–water partition coefficient (Wildman–Crippen LogP) is 0.677. The van der Waals surface area contributed by atoms with Crippen molar-refractivity contribution in [1.82, 2.24) is 10.6 Å². The monoisotopic (exact) mass is 267 g/mol. The van der Waals surface area contributed by atoms with E-state index < -0.39 is 0 Å². The van der Waals surface area contributed by atoms with Gasteiger partial charge in [-0.2, -0.15) is 0 Å². The number of hydrogen-bond donors (Lipinski definition) is 3. The number of hydrogen-bond acceptors (Lipinski definition) is 3. The maximum absolute atomic E-state index is 12.1. The first-order valence-electron chi connectivity index (χ1n) is 7.41. The Balaban J connectivity index is 1.81. The Kier molecular flexibility index (Phi) is 4.80. The quantitative estimate of drug-likeness (QED) is 0.700. The molecule has 0 spiro atoms. The van der Waals surface area contributed by atoms with Crippen molar-refractivity contribution in [3.63, 3.8) is 0 Å². The van der Waals surface area contributed by atoms with Crippen LogP contribution in [0.1, 0.15) is 51.9 Å². The zero-order valence-corrected chi connectivity index (χ0v) is 11.7. The van der Waals surface area contributed by atoms with Crippen LogP contribution in [0.5, 0.6) is 0 Å². The lowest BCUT2D eigenvalue weighted by atomic mass is 9.77. The first kappa shape index (κ1) is 14.3. The molecule has 0 aromatic heterocycles. The molecule has 4 unspecified atom stereocenters. The molecule has 4 atom stereocenters. The molecule has 2 rings (SSSR count). The molecule has 5 heteroatoms. The average Bonchev–Trinajstić information content (AvgIpc) is 2.37. The Morgan fingerprint density at radius 3 is 2.74 bits per heavy atom. The SMILES string of the molecule is CC(CC(N)=O)NC(=O)C1CCC2CCCCC2N1. The largest absolute Gasteiger partial charge is 0.370 e. The minimum absolute atomic E-state index is 0.0118. The summed E-state index contributed by atoms with van der Waals surface area (Å²) in [5.74, 6) is 0.385. The second-order valence-electron chi connectivity index (χ2n) is 6.03. The number of carbonyl (C=O) groups is 2. The second kappa shape index (κ2) is 6.37. The third-order valence-corrected chi connectivity index (χ3v) is 4.36. The van der Waals surface area contributed by atoms with Gasteiger partial charge in [0, 0.05) is 18.5 Å². The van der Waals surface area contributed by atoms with E-state index in [9.17, 15) is 9.59 Å². The second-order valence-corrected chi connectivity index (χ2v) is 6.03. The van der Waals surface area contributed by atoms with E-state index in [-0.39, 0.29) is 30.3 Å². The number of primary amides is 1. The van der Waals surface area contributed by atoms with Crippen molar-refractivity contribution in [2.75, 3.05) is 0 Å². The van der Waals surface area contributed by atoms with E-state index in [2.05, 4.69) is 10.6 Å². The lowest BCUT2D eigenvalue weighted by Gasteiger charge is -2.40. The van der Waals surface area contributed by atoms with E-state index in [0.29, 0.717) is 6.04 Å². The van der Waals surface area contributed by atoms with Gasteiger partial charge in [0.2, 0.25) is 11.8 Å². The smallest absolute Gasteiger partial charge is 0.237 e. The summed E-state index contributed by atoms with van der Waals surface area (Å²) < 4.78 is 0. The molecular weight excluding hydrogens is 242 g/mol. The molecular formula is C14H25N3O2. The van der Waals surface area contributed by atoms with Gasteiger partial charge < -0.3 is 16.4 Å². The van der Waals surface area contributed by atoms with Gasteiger partial charge in [0.05, 0.1) is 6.04 Å². The maximum atomic E-state index is 12.1. The highest BCUT2D eigenvalue weighted by Crippen LogP contribution is 2.32. The van der Waals surface area contributed by atoms with Gasteiger partial charge >= 0.3 is 0 Å². The van der Waals surface area contributed by atoms with Crippen LogP contribution in [0.15, 0.2) is 0 Å². The Hall–Kier alpha value is -1.10. The zero-order chi connectivity index (χ0) is 13.8. The van der Waals surface area contributed by atoms with Crippen LogP contribution < -0.4 is 16.4 Å². The molecule has 0 aromatic rings. The van der Waals surface area contributed by atoms with Crippen LogP contribution in [-0.4, -0.2) is 29.9 Å². The van der Waals surface area contributed by atoms with Crippen LogP contribution in [0.4, 0.5) is 0 Å². The van der Waals surface area contributed by atoms with E-state index in [1.807, 2.05) is 6.92 Å². The van der Waals surface area contributed by atoms with Gasteiger partial charge in [0.1, 0.15) is 0 Å². The number of rotatable bonds is 4. The number of nitrogens with two attached hydrogens (primary N) is 1. The van der Waals surface area contributed by atoms with Crippen LogP contribution in [0.2, 0.25) is 0 Å². The molecule has 0 bridgehead atoms. The fourth-order valence-corrected chi connectivity index (χ4v) is 3.40. The number of nitrogens with one attached hydrogen (secondary N) is 2. The molecule has 19 heavy (non-hydrogen) atoms. The summed E-state index contributed by atoms with van der Waals surface area (Å²) >= 11 is 0. The minimum Gasteiger partial charge on any atom is -0.370 e. The molecule has 5 nitrogen and oxygen atoms in total. The van der Waals surface area contributed by atoms with Crippen LogP contribution in [0, 0.1) is 5.92 Å². The van der Waals surface area contributed by atoms with E-state index in [4.69, 9.17) is 5.73 Å². The molecule has 2 fully saturated rings. The molecule has 1 aliphatic heterocycles. The maximum Gasteiger partial charge on any atom is 0.237 e. The Morgan fingerprint density at radius 2 is 2.00 bits per heavy atom. The fourth-order valence-electron chi connectivity index (χ4n) is 3.40. The third-order valence-electron chi connectivity index (χ3n) is 4.36. The third kappa shape index (κ3) is 3.93. The fraction of sp³-hybridized carbons (Fsp3) is 0.857. The predicted molar refractivity (Wildman–Crippen MR) is 73.3 cm³/mol. The Bertz CT molecular complexity index is 346. The molecule has 1 saturated carbocycles. The summed E-state index contributed by atoms with van der Waals surface area (Å²) in [6, 6.07) is 0.218. The van der Waals surface area contributed by atoms with Crippen LogP contribution in [-0.2, 0) is 9.59 Å². The van der Waals surface area contributed by atoms with Crippen molar-refractivity contribution < 1.29 is 9.59 Å². The minimum atomic E-state index is -0.378. The van der Waals surface area contributed by atoms with Crippen molar-refractivity contribution in [3.8, 4) is 0 Å². The van der Waals surface area contributed by atoms with E-state index in [1.165, 1.54) is 25.7 Å². The van der Waals surface area contributed by atoms with Gasteiger partial charge in [-0.05, 0) is 38.5 Å². The number of amides is 2. The number of carbonyl (C=O) groups excluding carboxylic acids is 2. The van der Waals surface area contributed by atoms with Gasteiger partial charge in [0.25, 0.3) is 0 Å². The van der Waals surface area contributed by atoms with Crippen molar-refractivity contribution in [2.45, 2.75) is 70.0 Å². The van der Waals surface area contributed by atoms with Crippen LogP contribution in [0.25, 0.3) is 0 Å². The Labute approximate surface area is 114 Å². The van der Waals surface area contributed by atoms with E-state index in [1.54, 1.807) is 0 Å². The van der Waals surface area contributed by atoms with Gasteiger partial charge in [-0.25, -0.2) is 0 Å². The summed E-state index contributed by atoms with van der Waals surface area (Å²) in [4.78, 5) is 22.9. The summed E-state index contributed by atoms with van der Waals surface area (Å²) in [6.07, 6.45) is 7.31. The number of piperidine rings is 1. The van der Waals surface area contributed by atoms with Crippen LogP contribution in [0.3, 0.4) is 0 Å². The van der Waals surface area contributed by atoms with Crippen molar-refractivity contribution in [2.24, 2.45) is 11.7 Å². The summed E-state index contributed by atoms with van der Waals surface area (Å²) in [5, 5.41) is 6.36. The van der Waals surface area contributed by atoms with Gasteiger partial charge in [-0.1, -0.05) is 12.8 Å². The molecule has 1 aliphatic carbocycles. The molecule has 2 aliphatic rings. The van der Waals surface area contributed by atoms with Crippen molar-refractivity contribution in [1.29, 1.82) is 0 Å². The summed E-state index contributed by atoms with van der Waals surface area (Å²) in [7, 11) is 0. The normalized spacial score (nSPS) is 32.2. The van der Waals surface area contributed by atoms with Gasteiger partial charge in [0.15, 0.2) is 0 Å². The van der Waals surface area contributed by atoms with Crippen molar-refractivity contribution in [3.05, 3.63) is 0 Å². The highest BCUT2D eigenvalue weighted by atomic mass is 16.2. The topological polar surface area (TPSA) is 84.2 Å². The van der Waals surface area contributed by atoms with Crippen LogP contribution >= 0.6 is 0 Å². The Morgan fingerprint density at radius 1 is 1.26 bits per heavy atom. The standard InChI is InChI=1S/C14H25N3O2/c1-9(8-13(15)18)16-14(19)12-7-6-10-4-2-3-5-11(10)17-12/h9-12,17H,2-8H2,1H3,(H2,15,18)(H,16,19). The lowest BCUT2D eigenvalue weighted by Crippen LogP contribution is -2.56. The molecule has 0 radical (unpaired) electrons. The number of fused-ring (bicyclic) bond motifs is 1. The average molecular weight is 267 g/mol. The summed E-state index contributed by atoms with van der Waals surface area (Å²) in [6.45, 7) is 1.81. The lowest BCUT2D eigenvalue weighted by molar-refractivity contribution is -0.125. The molecule has 0 aromatic carbocycles. The molecule has 1 heterocycles. The molecule has 2 amide bonds.